The largest absolute Gasteiger partial charge is 0.462 e. The van der Waals surface area contributed by atoms with Gasteiger partial charge in [0.15, 0.2) is 0 Å². The summed E-state index contributed by atoms with van der Waals surface area (Å²) < 4.78 is 32.4. The molecule has 0 unspecified atom stereocenters. The molecule has 12 heteroatoms. The Hall–Kier alpha value is -3.02. The van der Waals surface area contributed by atoms with Gasteiger partial charge in [0.1, 0.15) is 0 Å². The summed E-state index contributed by atoms with van der Waals surface area (Å²) in [4.78, 5) is 24.2. The van der Waals surface area contributed by atoms with Crippen molar-refractivity contribution in [2.24, 2.45) is 0 Å². The first-order valence-electron chi connectivity index (χ1n) is 8.90. The van der Waals surface area contributed by atoms with Crippen molar-refractivity contribution in [3.63, 3.8) is 0 Å². The topological polar surface area (TPSA) is 127 Å². The van der Waals surface area contributed by atoms with Gasteiger partial charge in [-0.1, -0.05) is 29.0 Å². The van der Waals surface area contributed by atoms with Crippen molar-refractivity contribution >= 4 is 55.7 Å². The van der Waals surface area contributed by atoms with Crippen molar-refractivity contribution in [1.82, 2.24) is 10.2 Å². The van der Waals surface area contributed by atoms with Crippen molar-refractivity contribution in [3.8, 4) is 0 Å². The molecule has 0 aliphatic heterocycles. The van der Waals surface area contributed by atoms with Crippen molar-refractivity contribution in [3.05, 3.63) is 64.2 Å². The molecule has 0 saturated heterocycles. The Morgan fingerprint density at radius 2 is 1.77 bits per heavy atom. The number of nitrogens with zero attached hydrogens (tertiary/aromatic N) is 2. The molecule has 0 atom stereocenters. The third-order valence-corrected chi connectivity index (χ3v) is 6.78. The zero-order valence-electron chi connectivity index (χ0n) is 16.4. The third-order valence-electron chi connectivity index (χ3n) is 3.96. The Morgan fingerprint density at radius 1 is 1.10 bits per heavy atom. The van der Waals surface area contributed by atoms with Crippen LogP contribution in [-0.4, -0.2) is 37.1 Å². The molecule has 0 aliphatic carbocycles. The Bertz CT molecular complexity index is 1230. The Kier molecular flexibility index (Phi) is 6.88. The van der Waals surface area contributed by atoms with Gasteiger partial charge in [0.2, 0.25) is 5.13 Å². The van der Waals surface area contributed by atoms with Crippen molar-refractivity contribution in [1.29, 1.82) is 0 Å². The summed E-state index contributed by atoms with van der Waals surface area (Å²) in [6.07, 6.45) is 0. The molecule has 1 amide bonds. The number of sulfonamides is 1. The molecule has 2 aromatic carbocycles. The van der Waals surface area contributed by atoms with Crippen molar-refractivity contribution < 1.29 is 22.7 Å². The molecule has 31 heavy (non-hydrogen) atoms. The smallest absolute Gasteiger partial charge is 0.338 e. The van der Waals surface area contributed by atoms with Gasteiger partial charge in [0.05, 0.1) is 17.9 Å². The fraction of sp³-hybridized carbons (Fsp3) is 0.158. The minimum absolute atomic E-state index is 0.0114. The van der Waals surface area contributed by atoms with Crippen LogP contribution in [0.15, 0.2) is 46.8 Å². The van der Waals surface area contributed by atoms with E-state index in [1.54, 1.807) is 38.1 Å². The van der Waals surface area contributed by atoms with Gasteiger partial charge >= 0.3 is 5.97 Å². The monoisotopic (exact) mass is 480 g/mol. The van der Waals surface area contributed by atoms with Crippen LogP contribution in [0.3, 0.4) is 0 Å². The van der Waals surface area contributed by atoms with Crippen LogP contribution in [0.5, 0.6) is 0 Å². The maximum absolute atomic E-state index is 12.7. The van der Waals surface area contributed by atoms with Crippen LogP contribution in [-0.2, 0) is 14.8 Å². The average Bonchev–Trinajstić information content (AvgIpc) is 3.19. The summed E-state index contributed by atoms with van der Waals surface area (Å²) >= 11 is 6.49. The molecule has 0 spiro atoms. The van der Waals surface area contributed by atoms with Crippen LogP contribution in [0, 0.1) is 6.92 Å². The Labute approximate surface area is 187 Å². The fourth-order valence-corrected chi connectivity index (χ4v) is 4.55. The quantitative estimate of drug-likeness (QED) is 0.389. The number of hydrogen-bond donors (Lipinski definition) is 2. The SMILES string of the molecule is CCOC(=O)c1ccc(C)c(NS(=O)(=O)c2nnc(NC(=O)c3ccc(Cl)cc3)s2)c1. The van der Waals surface area contributed by atoms with Crippen LogP contribution < -0.4 is 10.0 Å². The molecule has 9 nitrogen and oxygen atoms in total. The highest BCUT2D eigenvalue weighted by Gasteiger charge is 2.23. The minimum Gasteiger partial charge on any atom is -0.462 e. The predicted molar refractivity (Wildman–Crippen MR) is 117 cm³/mol. The van der Waals surface area contributed by atoms with Gasteiger partial charge in [-0.3, -0.25) is 14.8 Å². The minimum atomic E-state index is -4.10. The summed E-state index contributed by atoms with van der Waals surface area (Å²) in [6, 6.07) is 10.7. The molecular formula is C19H17ClN4O5S2. The number of esters is 1. The maximum atomic E-state index is 12.7. The fourth-order valence-electron chi connectivity index (χ4n) is 2.40. The number of ether oxygens (including phenoxy) is 1. The van der Waals surface area contributed by atoms with Crippen LogP contribution in [0.25, 0.3) is 0 Å². The molecule has 1 aromatic heterocycles. The van der Waals surface area contributed by atoms with E-state index in [0.29, 0.717) is 27.5 Å². The Balaban J connectivity index is 1.77. The lowest BCUT2D eigenvalue weighted by Gasteiger charge is -2.10. The summed E-state index contributed by atoms with van der Waals surface area (Å²) in [5, 5.41) is 10.4. The lowest BCUT2D eigenvalue weighted by molar-refractivity contribution is 0.0526. The second-order valence-corrected chi connectivity index (χ2v) is 9.46. The van der Waals surface area contributed by atoms with E-state index in [1.165, 1.54) is 18.2 Å². The van der Waals surface area contributed by atoms with Crippen LogP contribution in [0.1, 0.15) is 33.2 Å². The molecule has 162 valence electrons. The highest BCUT2D eigenvalue weighted by atomic mass is 35.5. The van der Waals surface area contributed by atoms with Gasteiger partial charge in [-0.05, 0) is 55.8 Å². The average molecular weight is 481 g/mol. The zero-order valence-corrected chi connectivity index (χ0v) is 18.8. The lowest BCUT2D eigenvalue weighted by Crippen LogP contribution is -2.14. The number of anilines is 2. The summed E-state index contributed by atoms with van der Waals surface area (Å²) in [5.74, 6) is -1.05. The van der Waals surface area contributed by atoms with Gasteiger partial charge in [-0.2, -0.15) is 8.42 Å². The molecule has 0 bridgehead atoms. The highest BCUT2D eigenvalue weighted by molar-refractivity contribution is 7.94. The van der Waals surface area contributed by atoms with E-state index in [9.17, 15) is 18.0 Å². The van der Waals surface area contributed by atoms with E-state index in [-0.39, 0.29) is 27.3 Å². The maximum Gasteiger partial charge on any atom is 0.338 e. The van der Waals surface area contributed by atoms with Gasteiger partial charge < -0.3 is 4.74 Å². The molecule has 0 radical (unpaired) electrons. The van der Waals surface area contributed by atoms with E-state index in [4.69, 9.17) is 16.3 Å². The number of aryl methyl sites for hydroxylation is 1. The first-order chi connectivity index (χ1) is 14.7. The van der Waals surface area contributed by atoms with Gasteiger partial charge in [0.25, 0.3) is 20.3 Å². The van der Waals surface area contributed by atoms with E-state index < -0.39 is 21.9 Å². The molecule has 3 aromatic rings. The van der Waals surface area contributed by atoms with Gasteiger partial charge in [-0.15, -0.1) is 10.2 Å². The van der Waals surface area contributed by atoms with Gasteiger partial charge in [0, 0.05) is 10.6 Å². The molecular weight excluding hydrogens is 464 g/mol. The normalized spacial score (nSPS) is 11.1. The van der Waals surface area contributed by atoms with E-state index in [0.717, 1.165) is 0 Å². The van der Waals surface area contributed by atoms with Crippen molar-refractivity contribution in [2.75, 3.05) is 16.6 Å². The molecule has 2 N–H and O–H groups in total. The highest BCUT2D eigenvalue weighted by Crippen LogP contribution is 2.25. The van der Waals surface area contributed by atoms with Crippen LogP contribution in [0.2, 0.25) is 5.02 Å². The number of carbonyl (C=O) groups excluding carboxylic acids is 2. The van der Waals surface area contributed by atoms with Gasteiger partial charge in [-0.25, -0.2) is 4.79 Å². The second kappa shape index (κ2) is 9.41. The van der Waals surface area contributed by atoms with E-state index >= 15 is 0 Å². The first-order valence-corrected chi connectivity index (χ1v) is 11.6. The number of aromatic nitrogens is 2. The molecule has 3 rings (SSSR count). The lowest BCUT2D eigenvalue weighted by atomic mass is 10.1. The molecule has 0 fully saturated rings. The standard InChI is InChI=1S/C19H17ClN4O5S2/c1-3-29-17(26)13-5-4-11(2)15(10-13)24-31(27,28)19-23-22-18(30-19)21-16(25)12-6-8-14(20)9-7-12/h4-10,24H,3H2,1-2H3,(H,21,22,25). The second-order valence-electron chi connectivity index (χ2n) is 6.19. The number of halogens is 1. The first kappa shape index (κ1) is 22.7. The van der Waals surface area contributed by atoms with E-state index in [1.807, 2.05) is 0 Å². The summed E-state index contributed by atoms with van der Waals surface area (Å²) in [7, 11) is -4.10. The number of benzene rings is 2. The van der Waals surface area contributed by atoms with Crippen LogP contribution in [0.4, 0.5) is 10.8 Å². The number of hydrogen-bond acceptors (Lipinski definition) is 8. The van der Waals surface area contributed by atoms with Crippen LogP contribution >= 0.6 is 22.9 Å². The number of carbonyl (C=O) groups is 2. The molecule has 0 saturated carbocycles. The number of rotatable bonds is 7. The summed E-state index contributed by atoms with van der Waals surface area (Å²) in [5.41, 5.74) is 1.33. The molecule has 0 aliphatic rings. The predicted octanol–water partition coefficient (Wildman–Crippen LogP) is 3.73. The molecule has 1 heterocycles. The zero-order chi connectivity index (χ0) is 22.6. The summed E-state index contributed by atoms with van der Waals surface area (Å²) in [6.45, 7) is 3.56. The number of nitrogens with one attached hydrogen (secondary N) is 2. The van der Waals surface area contributed by atoms with E-state index in [2.05, 4.69) is 20.2 Å². The Morgan fingerprint density at radius 3 is 2.45 bits per heavy atom. The third kappa shape index (κ3) is 5.57. The van der Waals surface area contributed by atoms with Crippen molar-refractivity contribution in [2.45, 2.75) is 18.2 Å². The number of amides is 1.